The molecule has 1 saturated heterocycles. The zero-order valence-corrected chi connectivity index (χ0v) is 13.7. The number of carbonyl (C=O) groups excluding carboxylic acids is 1. The van der Waals surface area contributed by atoms with Crippen LogP contribution in [0.3, 0.4) is 0 Å². The number of likely N-dealkylation sites (tertiary alicyclic amines) is 1. The molecule has 0 unspecified atom stereocenters. The van der Waals surface area contributed by atoms with Gasteiger partial charge in [-0.1, -0.05) is 12.1 Å². The molecule has 126 valence electrons. The largest absolute Gasteiger partial charge is 0.481 e. The van der Waals surface area contributed by atoms with Gasteiger partial charge in [-0.2, -0.15) is 0 Å². The summed E-state index contributed by atoms with van der Waals surface area (Å²) in [6, 6.07) is 5.76. The van der Waals surface area contributed by atoms with E-state index in [1.807, 2.05) is 0 Å². The van der Waals surface area contributed by atoms with Crippen molar-refractivity contribution in [2.24, 2.45) is 5.92 Å². The Morgan fingerprint density at radius 3 is 2.62 bits per heavy atom. The number of amides is 1. The van der Waals surface area contributed by atoms with Crippen LogP contribution >= 0.6 is 11.3 Å². The van der Waals surface area contributed by atoms with Gasteiger partial charge < -0.3 is 15.3 Å². The van der Waals surface area contributed by atoms with Crippen LogP contribution in [0.5, 0.6) is 0 Å². The number of aliphatic carboxylic acids is 1. The van der Waals surface area contributed by atoms with E-state index in [1.165, 1.54) is 28.4 Å². The summed E-state index contributed by atoms with van der Waals surface area (Å²) in [5, 5.41) is 14.6. The number of aromatic nitrogens is 1. The molecule has 0 bridgehead atoms. The molecule has 0 saturated carbocycles. The van der Waals surface area contributed by atoms with E-state index in [0.29, 0.717) is 16.4 Å². The third-order valence-corrected chi connectivity index (χ3v) is 5.02. The molecule has 0 aliphatic carbocycles. The van der Waals surface area contributed by atoms with Crippen LogP contribution < -0.4 is 5.32 Å². The molecule has 0 spiro atoms. The number of benzene rings is 1. The third-order valence-electron chi connectivity index (χ3n) is 4.16. The molecular weight excluding hydrogens is 333 g/mol. The monoisotopic (exact) mass is 349 g/mol. The first-order valence-electron chi connectivity index (χ1n) is 7.40. The number of carboxylic acids is 1. The number of carboxylic acid groups (broad SMARTS) is 1. The predicted molar refractivity (Wildman–Crippen MR) is 87.8 cm³/mol. The first kappa shape index (κ1) is 16.4. The molecular formula is C16H16FN3O3S. The van der Waals surface area contributed by atoms with Crippen LogP contribution in [0.1, 0.15) is 22.0 Å². The van der Waals surface area contributed by atoms with Crippen LogP contribution in [-0.4, -0.2) is 47.0 Å². The van der Waals surface area contributed by atoms with Crippen LogP contribution in [-0.2, 0) is 4.79 Å². The molecule has 8 heteroatoms. The summed E-state index contributed by atoms with van der Waals surface area (Å²) in [4.78, 5) is 29.8. The Labute approximate surface area is 141 Å². The van der Waals surface area contributed by atoms with Crippen molar-refractivity contribution >= 4 is 28.3 Å². The Bertz CT molecular complexity index is 762. The number of anilines is 1. The minimum Gasteiger partial charge on any atom is -0.481 e. The van der Waals surface area contributed by atoms with Gasteiger partial charge in [-0.05, 0) is 17.7 Å². The Morgan fingerprint density at radius 1 is 1.33 bits per heavy atom. The highest BCUT2D eigenvalue weighted by Gasteiger charge is 2.41. The molecule has 1 fully saturated rings. The second-order valence-corrected chi connectivity index (χ2v) is 6.46. The van der Waals surface area contributed by atoms with E-state index in [1.54, 1.807) is 24.6 Å². The van der Waals surface area contributed by atoms with Crippen molar-refractivity contribution in [3.8, 4) is 0 Å². The summed E-state index contributed by atoms with van der Waals surface area (Å²) in [5.41, 5.74) is 1.02. The number of hydrogen-bond acceptors (Lipinski definition) is 5. The Balaban J connectivity index is 1.83. The standard InChI is InChI=1S/C16H16FN3O3S/c1-18-16-19-13(8-24-16)14(21)20-6-11(12(7-20)15(22)23)9-2-4-10(17)5-3-9/h2-5,8,11-12H,6-7H2,1H3,(H,18,19)(H,22,23)/t11-,12+/m0/s1. The van der Waals surface area contributed by atoms with Gasteiger partial charge in [0.2, 0.25) is 0 Å². The number of nitrogens with one attached hydrogen (secondary N) is 1. The van der Waals surface area contributed by atoms with Gasteiger partial charge in [0.25, 0.3) is 5.91 Å². The number of halogens is 1. The maximum Gasteiger partial charge on any atom is 0.308 e. The Hall–Kier alpha value is -2.48. The quantitative estimate of drug-likeness (QED) is 0.885. The molecule has 2 heterocycles. The first-order valence-corrected chi connectivity index (χ1v) is 8.28. The van der Waals surface area contributed by atoms with Crippen LogP contribution in [0.2, 0.25) is 0 Å². The summed E-state index contributed by atoms with van der Waals surface area (Å²) in [5.74, 6) is -2.72. The van der Waals surface area contributed by atoms with Crippen molar-refractivity contribution in [3.63, 3.8) is 0 Å². The van der Waals surface area contributed by atoms with Crippen LogP contribution in [0, 0.1) is 11.7 Å². The van der Waals surface area contributed by atoms with Crippen molar-refractivity contribution in [3.05, 3.63) is 46.7 Å². The number of nitrogens with zero attached hydrogens (tertiary/aromatic N) is 2. The van der Waals surface area contributed by atoms with E-state index in [2.05, 4.69) is 10.3 Å². The van der Waals surface area contributed by atoms with Crippen molar-refractivity contribution in [2.75, 3.05) is 25.5 Å². The van der Waals surface area contributed by atoms with E-state index in [0.717, 1.165) is 0 Å². The van der Waals surface area contributed by atoms with Crippen molar-refractivity contribution in [1.82, 2.24) is 9.88 Å². The van der Waals surface area contributed by atoms with Gasteiger partial charge in [-0.3, -0.25) is 9.59 Å². The van der Waals surface area contributed by atoms with Crippen molar-refractivity contribution < 1.29 is 19.1 Å². The van der Waals surface area contributed by atoms with Crippen molar-refractivity contribution in [2.45, 2.75) is 5.92 Å². The van der Waals surface area contributed by atoms with E-state index in [-0.39, 0.29) is 30.7 Å². The fourth-order valence-electron chi connectivity index (χ4n) is 2.92. The van der Waals surface area contributed by atoms with Gasteiger partial charge in [0.15, 0.2) is 5.13 Å². The SMILES string of the molecule is CNc1nc(C(=O)N2C[C@@H](C(=O)O)[C@H](c3ccc(F)cc3)C2)cs1. The predicted octanol–water partition coefficient (Wildman–Crippen LogP) is 2.26. The van der Waals surface area contributed by atoms with Gasteiger partial charge in [-0.15, -0.1) is 11.3 Å². The van der Waals surface area contributed by atoms with Crippen LogP contribution in [0.25, 0.3) is 0 Å². The average Bonchev–Trinajstić information content (AvgIpc) is 3.22. The summed E-state index contributed by atoms with van der Waals surface area (Å²) in [7, 11) is 1.72. The highest BCUT2D eigenvalue weighted by molar-refractivity contribution is 7.13. The molecule has 2 N–H and O–H groups in total. The molecule has 0 radical (unpaired) electrons. The smallest absolute Gasteiger partial charge is 0.308 e. The zero-order valence-electron chi connectivity index (χ0n) is 12.9. The minimum absolute atomic E-state index is 0.114. The fourth-order valence-corrected chi connectivity index (χ4v) is 3.56. The highest BCUT2D eigenvalue weighted by atomic mass is 32.1. The molecule has 1 aromatic heterocycles. The molecule has 2 aromatic rings. The van der Waals surface area contributed by atoms with Gasteiger partial charge in [0, 0.05) is 31.4 Å². The highest BCUT2D eigenvalue weighted by Crippen LogP contribution is 2.34. The van der Waals surface area contributed by atoms with Crippen LogP contribution in [0.4, 0.5) is 9.52 Å². The molecule has 1 aliphatic heterocycles. The van der Waals surface area contributed by atoms with Gasteiger partial charge >= 0.3 is 5.97 Å². The lowest BCUT2D eigenvalue weighted by Crippen LogP contribution is -2.30. The molecule has 3 rings (SSSR count). The lowest BCUT2D eigenvalue weighted by Gasteiger charge is -2.15. The molecule has 1 aromatic carbocycles. The van der Waals surface area contributed by atoms with Crippen molar-refractivity contribution in [1.29, 1.82) is 0 Å². The first-order chi connectivity index (χ1) is 11.5. The molecule has 2 atom stereocenters. The van der Waals surface area contributed by atoms with E-state index in [4.69, 9.17) is 0 Å². The van der Waals surface area contributed by atoms with Gasteiger partial charge in [-0.25, -0.2) is 9.37 Å². The lowest BCUT2D eigenvalue weighted by molar-refractivity contribution is -0.141. The minimum atomic E-state index is -0.964. The summed E-state index contributed by atoms with van der Waals surface area (Å²) >= 11 is 1.31. The second-order valence-electron chi connectivity index (χ2n) is 5.60. The van der Waals surface area contributed by atoms with Gasteiger partial charge in [0.1, 0.15) is 11.5 Å². The molecule has 6 nitrogen and oxygen atoms in total. The molecule has 1 aliphatic rings. The van der Waals surface area contributed by atoms with Crippen LogP contribution in [0.15, 0.2) is 29.6 Å². The maximum absolute atomic E-state index is 13.1. The summed E-state index contributed by atoms with van der Waals surface area (Å²) in [6.45, 7) is 0.385. The summed E-state index contributed by atoms with van der Waals surface area (Å²) < 4.78 is 13.1. The topological polar surface area (TPSA) is 82.5 Å². The van der Waals surface area contributed by atoms with E-state index in [9.17, 15) is 19.1 Å². The lowest BCUT2D eigenvalue weighted by atomic mass is 9.89. The van der Waals surface area contributed by atoms with E-state index >= 15 is 0 Å². The average molecular weight is 349 g/mol. The fraction of sp³-hybridized carbons (Fsp3) is 0.312. The maximum atomic E-state index is 13.1. The second kappa shape index (κ2) is 6.56. The number of rotatable bonds is 4. The third kappa shape index (κ3) is 3.09. The number of thiazole rings is 1. The number of hydrogen-bond donors (Lipinski definition) is 2. The Morgan fingerprint density at radius 2 is 2.04 bits per heavy atom. The molecule has 1 amide bonds. The molecule has 24 heavy (non-hydrogen) atoms. The van der Waals surface area contributed by atoms with E-state index < -0.39 is 11.9 Å². The normalized spacial score (nSPS) is 20.2. The summed E-state index contributed by atoms with van der Waals surface area (Å²) in [6.07, 6.45) is 0. The van der Waals surface area contributed by atoms with Gasteiger partial charge in [0.05, 0.1) is 5.92 Å². The Kier molecular flexibility index (Phi) is 4.48. The zero-order chi connectivity index (χ0) is 17.3. The number of carbonyl (C=O) groups is 2.